The minimum atomic E-state index is -0.563. The molecule has 26 heavy (non-hydrogen) atoms. The molecule has 1 aliphatic heterocycles. The Morgan fingerprint density at radius 3 is 2.27 bits per heavy atom. The molecule has 0 saturated heterocycles. The third kappa shape index (κ3) is 2.64. The third-order valence-electron chi connectivity index (χ3n) is 4.10. The summed E-state index contributed by atoms with van der Waals surface area (Å²) < 4.78 is 7.40. The first-order chi connectivity index (χ1) is 12.3. The molecule has 2 aliphatic rings. The predicted octanol–water partition coefficient (Wildman–Crippen LogP) is 5.21. The van der Waals surface area contributed by atoms with E-state index in [0.29, 0.717) is 22.1 Å². The summed E-state index contributed by atoms with van der Waals surface area (Å²) in [5.74, 6) is -0.759. The van der Waals surface area contributed by atoms with Crippen LogP contribution in [0, 0.1) is 0 Å². The zero-order chi connectivity index (χ0) is 18.6. The van der Waals surface area contributed by atoms with Gasteiger partial charge in [0.2, 0.25) is 5.43 Å². The van der Waals surface area contributed by atoms with Gasteiger partial charge in [-0.15, -0.1) is 0 Å². The van der Waals surface area contributed by atoms with Gasteiger partial charge < -0.3 is 19.7 Å². The molecule has 0 saturated carbocycles. The number of phenols is 3. The van der Waals surface area contributed by atoms with Crippen molar-refractivity contribution in [3.8, 4) is 39.7 Å². The normalized spacial score (nSPS) is 11.3. The monoisotopic (exact) mass is 476 g/mol. The van der Waals surface area contributed by atoms with Gasteiger partial charge in [-0.05, 0) is 61.7 Å². The average molecular weight is 478 g/mol. The Hall–Kier alpha value is -2.51. The van der Waals surface area contributed by atoms with Gasteiger partial charge in [0, 0.05) is 37.6 Å². The lowest BCUT2D eigenvalue weighted by atomic mass is 9.93. The van der Waals surface area contributed by atoms with Crippen LogP contribution in [0.2, 0.25) is 0 Å². The van der Waals surface area contributed by atoms with Crippen LogP contribution in [0.3, 0.4) is 0 Å². The van der Waals surface area contributed by atoms with E-state index in [2.05, 4.69) is 31.9 Å². The maximum absolute atomic E-state index is 11.8. The smallest absolute Gasteiger partial charge is 0.223 e. The summed E-state index contributed by atoms with van der Waals surface area (Å²) in [5.41, 5.74) is 1.67. The number of phenolic OH excluding ortho intramolecular Hbond substituents is 3. The summed E-state index contributed by atoms with van der Waals surface area (Å²) in [5, 5.41) is 30.2. The first-order valence-electron chi connectivity index (χ1n) is 7.46. The predicted molar refractivity (Wildman–Crippen MR) is 105 cm³/mol. The van der Waals surface area contributed by atoms with Crippen molar-refractivity contribution < 1.29 is 19.7 Å². The van der Waals surface area contributed by atoms with Gasteiger partial charge in [0.25, 0.3) is 0 Å². The second-order valence-corrected chi connectivity index (χ2v) is 7.47. The number of benzene rings is 3. The molecule has 4 rings (SSSR count). The van der Waals surface area contributed by atoms with Crippen LogP contribution in [0.1, 0.15) is 0 Å². The highest BCUT2D eigenvalue weighted by Gasteiger charge is 2.21. The van der Waals surface area contributed by atoms with Crippen molar-refractivity contribution in [2.75, 3.05) is 0 Å². The molecule has 2 aromatic carbocycles. The van der Waals surface area contributed by atoms with Gasteiger partial charge in [0.1, 0.15) is 11.3 Å². The van der Waals surface area contributed by atoms with E-state index < -0.39 is 11.2 Å². The van der Waals surface area contributed by atoms with E-state index in [9.17, 15) is 20.1 Å². The molecule has 7 heteroatoms. The van der Waals surface area contributed by atoms with Crippen LogP contribution in [0.25, 0.3) is 33.4 Å². The van der Waals surface area contributed by atoms with Crippen LogP contribution in [-0.2, 0) is 0 Å². The van der Waals surface area contributed by atoms with E-state index in [0.717, 1.165) is 14.5 Å². The van der Waals surface area contributed by atoms with E-state index in [4.69, 9.17) is 4.42 Å². The van der Waals surface area contributed by atoms with Crippen LogP contribution >= 0.6 is 31.9 Å². The summed E-state index contributed by atoms with van der Waals surface area (Å²) in [6.45, 7) is 0. The molecule has 0 spiro atoms. The minimum Gasteiger partial charge on any atom is -0.504 e. The van der Waals surface area contributed by atoms with Crippen molar-refractivity contribution in [3.63, 3.8) is 0 Å². The Morgan fingerprint density at radius 2 is 1.54 bits per heavy atom. The standard InChI is InChI=1S/C19H10Br2O5/c20-11-2-1-8(3-12(11)21)19-9-4-13(22)15(24)6-17(9)26-18-7-16(25)14(23)5-10(18)19/h1-7,22-24H. The molecule has 0 fully saturated rings. The second kappa shape index (κ2) is 6.03. The highest BCUT2D eigenvalue weighted by Crippen LogP contribution is 2.44. The lowest BCUT2D eigenvalue weighted by Gasteiger charge is -2.16. The molecule has 1 heterocycles. The molecular formula is C19H10Br2O5. The van der Waals surface area contributed by atoms with Gasteiger partial charge in [0.05, 0.1) is 0 Å². The van der Waals surface area contributed by atoms with Crippen molar-refractivity contribution in [1.82, 2.24) is 0 Å². The van der Waals surface area contributed by atoms with Crippen LogP contribution < -0.4 is 5.43 Å². The van der Waals surface area contributed by atoms with Crippen molar-refractivity contribution in [3.05, 3.63) is 61.6 Å². The molecule has 0 amide bonds. The van der Waals surface area contributed by atoms with Crippen molar-refractivity contribution in [2.45, 2.75) is 0 Å². The lowest BCUT2D eigenvalue weighted by molar-refractivity contribution is 0.404. The molecular weight excluding hydrogens is 468 g/mol. The lowest BCUT2D eigenvalue weighted by Crippen LogP contribution is -2.01. The van der Waals surface area contributed by atoms with Gasteiger partial charge in [-0.3, -0.25) is 4.79 Å². The van der Waals surface area contributed by atoms with Gasteiger partial charge >= 0.3 is 0 Å². The maximum Gasteiger partial charge on any atom is 0.223 e. The number of fused-ring (bicyclic) bond motifs is 2. The van der Waals surface area contributed by atoms with Crippen LogP contribution in [0.4, 0.5) is 0 Å². The Balaban J connectivity index is 2.22. The third-order valence-corrected chi connectivity index (χ3v) is 5.98. The van der Waals surface area contributed by atoms with Gasteiger partial charge in [-0.1, -0.05) is 6.07 Å². The Morgan fingerprint density at radius 1 is 0.808 bits per heavy atom. The minimum absolute atomic E-state index is 0.263. The van der Waals surface area contributed by atoms with Crippen molar-refractivity contribution in [1.29, 1.82) is 0 Å². The summed E-state index contributed by atoms with van der Waals surface area (Å²) in [6.07, 6.45) is 0. The molecule has 0 radical (unpaired) electrons. The van der Waals surface area contributed by atoms with Crippen molar-refractivity contribution in [2.24, 2.45) is 0 Å². The summed E-state index contributed by atoms with van der Waals surface area (Å²) in [6, 6.07) is 10.8. The molecule has 2 aromatic rings. The number of hydrogen-bond acceptors (Lipinski definition) is 5. The molecule has 130 valence electrons. The number of hydrogen-bond donors (Lipinski definition) is 3. The van der Waals surface area contributed by atoms with Crippen LogP contribution in [0.15, 0.2) is 60.6 Å². The second-order valence-electron chi connectivity index (χ2n) is 5.76. The fraction of sp³-hybridized carbons (Fsp3) is 0. The highest BCUT2D eigenvalue weighted by atomic mass is 79.9. The molecule has 0 unspecified atom stereocenters. The number of halogens is 2. The Labute approximate surface area is 163 Å². The molecule has 5 nitrogen and oxygen atoms in total. The zero-order valence-corrected chi connectivity index (χ0v) is 16.1. The van der Waals surface area contributed by atoms with Gasteiger partial charge in [-0.2, -0.15) is 0 Å². The summed E-state index contributed by atoms with van der Waals surface area (Å²) >= 11 is 6.89. The number of aromatic hydroxyl groups is 3. The van der Waals surface area contributed by atoms with E-state index >= 15 is 0 Å². The van der Waals surface area contributed by atoms with E-state index in [1.54, 1.807) is 0 Å². The molecule has 1 aliphatic carbocycles. The van der Waals surface area contributed by atoms with Crippen molar-refractivity contribution >= 4 is 42.8 Å². The fourth-order valence-corrected chi connectivity index (χ4v) is 3.52. The maximum atomic E-state index is 11.8. The molecule has 0 atom stereocenters. The Kier molecular flexibility index (Phi) is 3.93. The SMILES string of the molecule is O=c1cc2oc3cc(O)c(O)cc3c(-c3ccc(Br)c(Br)c3)c-2cc1O. The quantitative estimate of drug-likeness (QED) is 0.258. The Bertz CT molecular complexity index is 1210. The molecule has 0 bridgehead atoms. The fourth-order valence-electron chi connectivity index (χ4n) is 2.89. The first-order valence-corrected chi connectivity index (χ1v) is 9.04. The summed E-state index contributed by atoms with van der Waals surface area (Å²) in [4.78, 5) is 11.8. The van der Waals surface area contributed by atoms with E-state index in [-0.39, 0.29) is 17.3 Å². The number of rotatable bonds is 1. The largest absolute Gasteiger partial charge is 0.504 e. The highest BCUT2D eigenvalue weighted by molar-refractivity contribution is 9.13. The zero-order valence-electron chi connectivity index (χ0n) is 13.0. The van der Waals surface area contributed by atoms with E-state index in [1.807, 2.05) is 18.2 Å². The first kappa shape index (κ1) is 16.9. The van der Waals surface area contributed by atoms with Crippen LogP contribution in [0.5, 0.6) is 17.2 Å². The van der Waals surface area contributed by atoms with Gasteiger partial charge in [0.15, 0.2) is 17.2 Å². The average Bonchev–Trinajstić information content (AvgIpc) is 2.59. The topological polar surface area (TPSA) is 90.9 Å². The summed E-state index contributed by atoms with van der Waals surface area (Å²) in [7, 11) is 0. The van der Waals surface area contributed by atoms with Gasteiger partial charge in [-0.25, -0.2) is 0 Å². The van der Waals surface area contributed by atoms with Crippen LogP contribution in [-0.4, -0.2) is 15.3 Å². The van der Waals surface area contributed by atoms with E-state index in [1.165, 1.54) is 24.3 Å². The molecule has 3 N–H and O–H groups in total. The molecule has 0 aromatic heterocycles.